The lowest BCUT2D eigenvalue weighted by Crippen LogP contribution is -2.10. The van der Waals surface area contributed by atoms with Crippen molar-refractivity contribution in [2.45, 2.75) is 25.0 Å². The summed E-state index contributed by atoms with van der Waals surface area (Å²) in [5.41, 5.74) is 0.176. The molecule has 0 saturated carbocycles. The molecule has 0 N–H and O–H groups in total. The van der Waals surface area contributed by atoms with E-state index in [-0.39, 0.29) is 22.6 Å². The average molecular weight is 304 g/mol. The first-order valence-electron chi connectivity index (χ1n) is 5.47. The third-order valence-electron chi connectivity index (χ3n) is 2.51. The maximum atomic E-state index is 13.8. The monoisotopic (exact) mass is 303 g/mol. The van der Waals surface area contributed by atoms with Crippen molar-refractivity contribution in [2.24, 2.45) is 0 Å². The van der Waals surface area contributed by atoms with E-state index < -0.39 is 14.9 Å². The molecule has 0 spiro atoms. The quantitative estimate of drug-likeness (QED) is 0.818. The van der Waals surface area contributed by atoms with Crippen molar-refractivity contribution in [1.82, 2.24) is 14.8 Å². The predicted octanol–water partition coefficient (Wildman–Crippen LogP) is 2.59. The maximum absolute atomic E-state index is 13.8. The van der Waals surface area contributed by atoms with E-state index in [4.69, 9.17) is 10.7 Å². The molecule has 0 atom stereocenters. The van der Waals surface area contributed by atoms with Gasteiger partial charge in [0.1, 0.15) is 5.82 Å². The minimum absolute atomic E-state index is 0.132. The molecule has 2 aromatic rings. The number of aromatic nitrogens is 3. The second-order valence-corrected chi connectivity index (χ2v) is 6.65. The molecule has 1 heterocycles. The van der Waals surface area contributed by atoms with Gasteiger partial charge in [-0.05, 0) is 26.0 Å². The zero-order valence-electron chi connectivity index (χ0n) is 10.2. The Labute approximate surface area is 114 Å². The highest BCUT2D eigenvalue weighted by Gasteiger charge is 2.25. The van der Waals surface area contributed by atoms with Crippen molar-refractivity contribution < 1.29 is 12.8 Å². The third kappa shape index (κ3) is 2.62. The zero-order valence-corrected chi connectivity index (χ0v) is 11.8. The number of nitrogens with zero attached hydrogens (tertiary/aromatic N) is 3. The van der Waals surface area contributed by atoms with Gasteiger partial charge in [0.25, 0.3) is 14.2 Å². The molecule has 102 valence electrons. The molecule has 19 heavy (non-hydrogen) atoms. The number of rotatable bonds is 3. The van der Waals surface area contributed by atoms with E-state index in [0.717, 1.165) is 0 Å². The summed E-state index contributed by atoms with van der Waals surface area (Å²) in [7, 11) is 1.26. The standard InChI is InChI=1S/C11H11ClFN3O2S/c1-7(2)16-10(8-5-3-4-6-9(8)13)14-15-11(16)19(12,17)18/h3-7H,1-2H3. The lowest BCUT2D eigenvalue weighted by atomic mass is 10.2. The van der Waals surface area contributed by atoms with Gasteiger partial charge in [-0.15, -0.1) is 10.2 Å². The van der Waals surface area contributed by atoms with Crippen LogP contribution in [0.2, 0.25) is 0 Å². The van der Waals surface area contributed by atoms with Gasteiger partial charge in [0, 0.05) is 16.7 Å². The molecule has 8 heteroatoms. The predicted molar refractivity (Wildman–Crippen MR) is 68.8 cm³/mol. The molecule has 0 fully saturated rings. The minimum atomic E-state index is -4.04. The number of hydrogen-bond donors (Lipinski definition) is 0. The van der Waals surface area contributed by atoms with Crippen molar-refractivity contribution in [1.29, 1.82) is 0 Å². The molecule has 0 aliphatic carbocycles. The Hall–Kier alpha value is -1.47. The van der Waals surface area contributed by atoms with Gasteiger partial charge < -0.3 is 0 Å². The Balaban J connectivity index is 2.74. The van der Waals surface area contributed by atoms with Gasteiger partial charge in [-0.25, -0.2) is 12.8 Å². The van der Waals surface area contributed by atoms with Crippen molar-refractivity contribution in [3.63, 3.8) is 0 Å². The lowest BCUT2D eigenvalue weighted by Gasteiger charge is -2.12. The number of benzene rings is 1. The van der Waals surface area contributed by atoms with E-state index in [1.54, 1.807) is 19.9 Å². The summed E-state index contributed by atoms with van der Waals surface area (Å²) in [6.07, 6.45) is 0. The van der Waals surface area contributed by atoms with Crippen LogP contribution in [0.15, 0.2) is 29.4 Å². The summed E-state index contributed by atoms with van der Waals surface area (Å²) < 4.78 is 37.9. The fourth-order valence-electron chi connectivity index (χ4n) is 1.73. The highest BCUT2D eigenvalue weighted by molar-refractivity contribution is 8.13. The van der Waals surface area contributed by atoms with Gasteiger partial charge in [0.15, 0.2) is 5.82 Å². The molecule has 0 unspecified atom stereocenters. The molecular weight excluding hydrogens is 293 g/mol. The van der Waals surface area contributed by atoms with E-state index in [2.05, 4.69) is 10.2 Å². The van der Waals surface area contributed by atoms with Crippen LogP contribution in [0.25, 0.3) is 11.4 Å². The lowest BCUT2D eigenvalue weighted by molar-refractivity contribution is 0.528. The molecule has 0 saturated heterocycles. The van der Waals surface area contributed by atoms with E-state index in [1.165, 1.54) is 22.8 Å². The maximum Gasteiger partial charge on any atom is 0.296 e. The molecule has 0 bridgehead atoms. The molecule has 0 radical (unpaired) electrons. The molecule has 2 rings (SSSR count). The fourth-order valence-corrected chi connectivity index (χ4v) is 2.72. The Morgan fingerprint density at radius 2 is 1.89 bits per heavy atom. The Kier molecular flexibility index (Phi) is 3.60. The van der Waals surface area contributed by atoms with Crippen LogP contribution in [0.5, 0.6) is 0 Å². The molecular formula is C11H11ClFN3O2S. The second kappa shape index (κ2) is 4.90. The van der Waals surface area contributed by atoms with Crippen LogP contribution in [0, 0.1) is 5.82 Å². The van der Waals surface area contributed by atoms with Crippen molar-refractivity contribution >= 4 is 19.7 Å². The minimum Gasteiger partial charge on any atom is -0.294 e. The van der Waals surface area contributed by atoms with Gasteiger partial charge in [-0.1, -0.05) is 12.1 Å². The van der Waals surface area contributed by atoms with Crippen LogP contribution in [-0.2, 0) is 9.05 Å². The fraction of sp³-hybridized carbons (Fsp3) is 0.273. The molecule has 0 aliphatic heterocycles. The first-order chi connectivity index (χ1) is 8.82. The van der Waals surface area contributed by atoms with Gasteiger partial charge in [0.05, 0.1) is 5.56 Å². The van der Waals surface area contributed by atoms with Crippen LogP contribution in [0.4, 0.5) is 4.39 Å². The summed E-state index contributed by atoms with van der Waals surface area (Å²) in [4.78, 5) is 0. The highest BCUT2D eigenvalue weighted by Crippen LogP contribution is 2.27. The first kappa shape index (κ1) is 14.0. The van der Waals surface area contributed by atoms with Crippen LogP contribution in [-0.4, -0.2) is 23.2 Å². The van der Waals surface area contributed by atoms with Gasteiger partial charge in [0.2, 0.25) is 0 Å². The van der Waals surface area contributed by atoms with Gasteiger partial charge >= 0.3 is 0 Å². The Morgan fingerprint density at radius 3 is 2.42 bits per heavy atom. The molecule has 0 aliphatic rings. The molecule has 1 aromatic carbocycles. The zero-order chi connectivity index (χ0) is 14.2. The largest absolute Gasteiger partial charge is 0.296 e. The number of halogens is 2. The van der Waals surface area contributed by atoms with Crippen molar-refractivity contribution in [3.8, 4) is 11.4 Å². The normalized spacial score (nSPS) is 12.1. The summed E-state index contributed by atoms with van der Waals surface area (Å²) >= 11 is 0. The van der Waals surface area contributed by atoms with E-state index >= 15 is 0 Å². The highest BCUT2D eigenvalue weighted by atomic mass is 35.7. The van der Waals surface area contributed by atoms with Gasteiger partial charge in [-0.3, -0.25) is 4.57 Å². The van der Waals surface area contributed by atoms with Crippen LogP contribution < -0.4 is 0 Å². The smallest absolute Gasteiger partial charge is 0.294 e. The topological polar surface area (TPSA) is 64.8 Å². The summed E-state index contributed by atoms with van der Waals surface area (Å²) in [5.74, 6) is -0.373. The van der Waals surface area contributed by atoms with E-state index in [1.807, 2.05) is 0 Å². The number of hydrogen-bond acceptors (Lipinski definition) is 4. The first-order valence-corrected chi connectivity index (χ1v) is 7.77. The third-order valence-corrected chi connectivity index (χ3v) is 3.64. The van der Waals surface area contributed by atoms with Crippen molar-refractivity contribution in [3.05, 3.63) is 30.1 Å². The summed E-state index contributed by atoms with van der Waals surface area (Å²) in [5, 5.41) is 6.91. The second-order valence-electron chi connectivity index (χ2n) is 4.19. The Bertz CT molecular complexity index is 712. The average Bonchev–Trinajstić information content (AvgIpc) is 2.73. The Morgan fingerprint density at radius 1 is 1.26 bits per heavy atom. The van der Waals surface area contributed by atoms with Crippen LogP contribution >= 0.6 is 10.7 Å². The molecule has 5 nitrogen and oxygen atoms in total. The van der Waals surface area contributed by atoms with Crippen LogP contribution in [0.1, 0.15) is 19.9 Å². The summed E-state index contributed by atoms with van der Waals surface area (Å²) in [6.45, 7) is 3.47. The molecule has 1 aromatic heterocycles. The van der Waals surface area contributed by atoms with E-state index in [9.17, 15) is 12.8 Å². The van der Waals surface area contributed by atoms with Gasteiger partial charge in [-0.2, -0.15) is 0 Å². The molecule has 0 amide bonds. The van der Waals surface area contributed by atoms with E-state index in [0.29, 0.717) is 0 Å². The SMILES string of the molecule is CC(C)n1c(-c2ccccc2F)nnc1S(=O)(=O)Cl. The van der Waals surface area contributed by atoms with Crippen molar-refractivity contribution in [2.75, 3.05) is 0 Å². The summed E-state index contributed by atoms with van der Waals surface area (Å²) in [6, 6.07) is 5.65. The van der Waals surface area contributed by atoms with Crippen LogP contribution in [0.3, 0.4) is 0 Å².